The molecule has 0 unspecified atom stereocenters. The summed E-state index contributed by atoms with van der Waals surface area (Å²) in [6.07, 6.45) is 0. The van der Waals surface area contributed by atoms with Gasteiger partial charge in [-0.1, -0.05) is 133 Å². The average Bonchev–Trinajstić information content (AvgIpc) is 3.92. The first-order valence-corrected chi connectivity index (χ1v) is 19.6. The van der Waals surface area contributed by atoms with Crippen molar-refractivity contribution in [2.45, 2.75) is 0 Å². The zero-order chi connectivity index (χ0) is 37.5. The van der Waals surface area contributed by atoms with Crippen LogP contribution in [0.15, 0.2) is 212 Å². The van der Waals surface area contributed by atoms with Crippen molar-refractivity contribution in [1.29, 1.82) is 0 Å². The third-order valence-electron chi connectivity index (χ3n) is 11.8. The van der Waals surface area contributed by atoms with E-state index in [1.165, 1.54) is 93.4 Å². The van der Waals surface area contributed by atoms with Gasteiger partial charge in [-0.25, -0.2) is 0 Å². The number of rotatable bonds is 5. The lowest BCUT2D eigenvalue weighted by atomic mass is 9.97. The van der Waals surface area contributed by atoms with Gasteiger partial charge >= 0.3 is 0 Å². The van der Waals surface area contributed by atoms with E-state index in [1.807, 2.05) is 0 Å². The fourth-order valence-electron chi connectivity index (χ4n) is 9.32. The third kappa shape index (κ3) is 4.79. The Balaban J connectivity index is 1.06. The van der Waals surface area contributed by atoms with Gasteiger partial charge in [-0.2, -0.15) is 0 Å². The Bertz CT molecular complexity index is 3500. The Hall–Kier alpha value is -7.62. The number of hydrogen-bond donors (Lipinski definition) is 0. The van der Waals surface area contributed by atoms with Gasteiger partial charge in [-0.15, -0.1) is 0 Å². The predicted octanol–water partition coefficient (Wildman–Crippen LogP) is 14.3. The SMILES string of the molecule is c1ccc(-n2c3ccccc3c3cc(-c4cccc(-c5ccc6c7ccc8c(c9ccccc9n8-c8ccccc8)c7n(-c7ccccc7)c6c5)c4)ccc32)cc1. The van der Waals surface area contributed by atoms with Crippen molar-refractivity contribution in [2.75, 3.05) is 0 Å². The molecule has 3 heteroatoms. The van der Waals surface area contributed by atoms with Crippen LogP contribution in [-0.2, 0) is 0 Å². The minimum Gasteiger partial charge on any atom is -0.309 e. The molecule has 0 aliphatic rings. The lowest BCUT2D eigenvalue weighted by molar-refractivity contribution is 1.17. The first kappa shape index (κ1) is 31.7. The largest absolute Gasteiger partial charge is 0.309 e. The molecule has 9 aromatic carbocycles. The van der Waals surface area contributed by atoms with Crippen LogP contribution < -0.4 is 0 Å². The molecule has 0 saturated heterocycles. The molecule has 0 radical (unpaired) electrons. The molecular formula is C54H35N3. The number of fused-ring (bicyclic) bond motifs is 10. The van der Waals surface area contributed by atoms with Crippen molar-refractivity contribution in [3.63, 3.8) is 0 Å². The van der Waals surface area contributed by atoms with E-state index in [4.69, 9.17) is 0 Å². The van der Waals surface area contributed by atoms with Gasteiger partial charge in [0.25, 0.3) is 0 Å². The molecule has 57 heavy (non-hydrogen) atoms. The monoisotopic (exact) mass is 725 g/mol. The lowest BCUT2D eigenvalue weighted by Gasteiger charge is -2.11. The van der Waals surface area contributed by atoms with E-state index >= 15 is 0 Å². The van der Waals surface area contributed by atoms with Gasteiger partial charge in [0.05, 0.1) is 33.1 Å². The quantitative estimate of drug-likeness (QED) is 0.168. The fraction of sp³-hybridized carbons (Fsp3) is 0. The highest BCUT2D eigenvalue weighted by atomic mass is 15.0. The Kier molecular flexibility index (Phi) is 6.93. The molecule has 12 rings (SSSR count). The molecule has 0 aliphatic carbocycles. The molecule has 0 amide bonds. The molecule has 0 spiro atoms. The lowest BCUT2D eigenvalue weighted by Crippen LogP contribution is -1.95. The molecule has 3 heterocycles. The third-order valence-corrected chi connectivity index (χ3v) is 11.8. The highest BCUT2D eigenvalue weighted by molar-refractivity contribution is 6.26. The van der Waals surface area contributed by atoms with Crippen LogP contribution in [0.2, 0.25) is 0 Å². The van der Waals surface area contributed by atoms with Gasteiger partial charge in [0.2, 0.25) is 0 Å². The van der Waals surface area contributed by atoms with Crippen LogP contribution in [-0.4, -0.2) is 13.7 Å². The van der Waals surface area contributed by atoms with Crippen LogP contribution in [0, 0.1) is 0 Å². The topological polar surface area (TPSA) is 14.8 Å². The van der Waals surface area contributed by atoms with Crippen LogP contribution in [0.1, 0.15) is 0 Å². The second kappa shape index (κ2) is 12.5. The molecule has 0 saturated carbocycles. The summed E-state index contributed by atoms with van der Waals surface area (Å²) >= 11 is 0. The van der Waals surface area contributed by atoms with Crippen molar-refractivity contribution in [1.82, 2.24) is 13.7 Å². The number of para-hydroxylation sites is 5. The van der Waals surface area contributed by atoms with Crippen LogP contribution in [0.3, 0.4) is 0 Å². The molecule has 0 N–H and O–H groups in total. The summed E-state index contributed by atoms with van der Waals surface area (Å²) in [5.41, 5.74) is 15.5. The maximum absolute atomic E-state index is 2.48. The molecule has 0 fully saturated rings. The fourth-order valence-corrected chi connectivity index (χ4v) is 9.32. The molecular weight excluding hydrogens is 691 g/mol. The normalized spacial score (nSPS) is 11.9. The Morgan fingerprint density at radius 1 is 0.228 bits per heavy atom. The van der Waals surface area contributed by atoms with Gasteiger partial charge in [-0.3, -0.25) is 0 Å². The van der Waals surface area contributed by atoms with Crippen molar-refractivity contribution in [3.8, 4) is 39.3 Å². The molecule has 266 valence electrons. The Morgan fingerprint density at radius 3 is 1.37 bits per heavy atom. The number of aromatic nitrogens is 3. The van der Waals surface area contributed by atoms with Crippen molar-refractivity contribution < 1.29 is 0 Å². The summed E-state index contributed by atoms with van der Waals surface area (Å²) in [6, 6.07) is 77.4. The van der Waals surface area contributed by atoms with Gasteiger partial charge < -0.3 is 13.7 Å². The second-order valence-corrected chi connectivity index (χ2v) is 14.9. The molecule has 0 bridgehead atoms. The minimum absolute atomic E-state index is 1.15. The van der Waals surface area contributed by atoms with Crippen molar-refractivity contribution >= 4 is 65.4 Å². The Labute approximate surface area is 329 Å². The average molecular weight is 726 g/mol. The van der Waals surface area contributed by atoms with E-state index in [1.54, 1.807) is 0 Å². The van der Waals surface area contributed by atoms with Crippen LogP contribution >= 0.6 is 0 Å². The predicted molar refractivity (Wildman–Crippen MR) is 240 cm³/mol. The molecule has 0 aliphatic heterocycles. The van der Waals surface area contributed by atoms with Crippen LogP contribution in [0.25, 0.3) is 105 Å². The summed E-state index contributed by atoms with van der Waals surface area (Å²) in [7, 11) is 0. The van der Waals surface area contributed by atoms with Crippen LogP contribution in [0.5, 0.6) is 0 Å². The zero-order valence-corrected chi connectivity index (χ0v) is 31.0. The smallest absolute Gasteiger partial charge is 0.0641 e. The van der Waals surface area contributed by atoms with Gasteiger partial charge in [0.1, 0.15) is 0 Å². The number of benzene rings is 9. The van der Waals surface area contributed by atoms with E-state index in [0.717, 1.165) is 11.4 Å². The number of nitrogens with zero attached hydrogens (tertiary/aromatic N) is 3. The van der Waals surface area contributed by atoms with E-state index < -0.39 is 0 Å². The van der Waals surface area contributed by atoms with Crippen molar-refractivity contribution in [2.24, 2.45) is 0 Å². The van der Waals surface area contributed by atoms with E-state index in [9.17, 15) is 0 Å². The Morgan fingerprint density at radius 2 is 0.684 bits per heavy atom. The van der Waals surface area contributed by atoms with Crippen LogP contribution in [0.4, 0.5) is 0 Å². The number of hydrogen-bond acceptors (Lipinski definition) is 0. The highest BCUT2D eigenvalue weighted by Gasteiger charge is 2.21. The first-order chi connectivity index (χ1) is 28.3. The maximum Gasteiger partial charge on any atom is 0.0641 e. The van der Waals surface area contributed by atoms with E-state index in [-0.39, 0.29) is 0 Å². The van der Waals surface area contributed by atoms with E-state index in [0.29, 0.717) is 0 Å². The summed E-state index contributed by atoms with van der Waals surface area (Å²) < 4.78 is 7.27. The summed E-state index contributed by atoms with van der Waals surface area (Å²) in [4.78, 5) is 0. The van der Waals surface area contributed by atoms with E-state index in [2.05, 4.69) is 226 Å². The minimum atomic E-state index is 1.15. The zero-order valence-electron chi connectivity index (χ0n) is 31.0. The summed E-state index contributed by atoms with van der Waals surface area (Å²) in [6.45, 7) is 0. The van der Waals surface area contributed by atoms with Crippen molar-refractivity contribution in [3.05, 3.63) is 212 Å². The molecule has 0 atom stereocenters. The summed E-state index contributed by atoms with van der Waals surface area (Å²) in [5.74, 6) is 0. The first-order valence-electron chi connectivity index (χ1n) is 19.6. The molecule has 3 aromatic heterocycles. The standard InChI is InChI=1S/C54H35N3/c1-4-17-40(18-5-1)55-48-25-12-10-23-43(48)47-34-38(28-31-50(47)55)36-15-14-16-37(33-36)39-27-29-44-45-30-32-51-53(54(45)57(52(44)35-39)42-21-8-3-9-22-42)46-24-11-13-26-49(46)56(51)41-19-6-2-7-20-41/h1-35H. The molecule has 12 aromatic rings. The van der Waals surface area contributed by atoms with Gasteiger partial charge in [0, 0.05) is 49.4 Å². The second-order valence-electron chi connectivity index (χ2n) is 14.9. The van der Waals surface area contributed by atoms with Gasteiger partial charge in [-0.05, 0) is 101 Å². The van der Waals surface area contributed by atoms with Gasteiger partial charge in [0.15, 0.2) is 0 Å². The highest BCUT2D eigenvalue weighted by Crippen LogP contribution is 2.43. The summed E-state index contributed by atoms with van der Waals surface area (Å²) in [5, 5.41) is 7.52. The maximum atomic E-state index is 2.48. The molecule has 3 nitrogen and oxygen atoms in total.